The Hall–Kier alpha value is -2.88. The Bertz CT molecular complexity index is 1150. The number of allylic oxidation sites excluding steroid dienone is 1. The van der Waals surface area contributed by atoms with Crippen LogP contribution in [0.4, 0.5) is 0 Å². The Morgan fingerprint density at radius 1 is 0.684 bits per heavy atom. The van der Waals surface area contributed by atoms with E-state index in [-0.39, 0.29) is 28.8 Å². The zero-order valence-corrected chi connectivity index (χ0v) is 25.7. The first-order valence-corrected chi connectivity index (χ1v) is 13.5. The highest BCUT2D eigenvalue weighted by Gasteiger charge is 2.28. The fraction of sp³-hybridized carbons (Fsp3) is 0.529. The van der Waals surface area contributed by atoms with Crippen molar-refractivity contribution in [2.75, 3.05) is 0 Å². The van der Waals surface area contributed by atoms with Gasteiger partial charge in [0.15, 0.2) is 11.6 Å². The Morgan fingerprint density at radius 3 is 1.53 bits per heavy atom. The minimum Gasteiger partial charge on any atom is -0.488 e. The van der Waals surface area contributed by atoms with Crippen LogP contribution in [0.3, 0.4) is 0 Å². The summed E-state index contributed by atoms with van der Waals surface area (Å²) in [6, 6.07) is 9.32. The molecular formula is C34H48O4. The molecule has 208 valence electrons. The number of hydrogen-bond acceptors (Lipinski definition) is 4. The highest BCUT2D eigenvalue weighted by molar-refractivity contribution is 6.14. The van der Waals surface area contributed by atoms with E-state index in [2.05, 4.69) is 48.1 Å². The number of ether oxygens (including phenoxy) is 2. The molecule has 0 fully saturated rings. The topological polar surface area (TPSA) is 52.6 Å². The van der Waals surface area contributed by atoms with Crippen molar-refractivity contribution in [1.29, 1.82) is 0 Å². The van der Waals surface area contributed by atoms with Crippen LogP contribution in [0.25, 0.3) is 0 Å². The van der Waals surface area contributed by atoms with Crippen molar-refractivity contribution in [2.45, 2.75) is 118 Å². The molecule has 0 aliphatic rings. The smallest absolute Gasteiger partial charge is 0.170 e. The van der Waals surface area contributed by atoms with Crippen molar-refractivity contribution < 1.29 is 19.1 Å². The van der Waals surface area contributed by atoms with Crippen LogP contribution in [0.15, 0.2) is 43.0 Å². The molecule has 4 heteroatoms. The van der Waals surface area contributed by atoms with Crippen LogP contribution in [-0.4, -0.2) is 22.8 Å². The normalized spacial score (nSPS) is 12.7. The van der Waals surface area contributed by atoms with E-state index in [4.69, 9.17) is 9.47 Å². The predicted octanol–water partition coefficient (Wildman–Crippen LogP) is 8.82. The molecule has 0 amide bonds. The van der Waals surface area contributed by atoms with Crippen LogP contribution in [-0.2, 0) is 17.3 Å². The maximum atomic E-state index is 13.5. The summed E-state index contributed by atoms with van der Waals surface area (Å²) in [5.74, 6) is 0.668. The largest absolute Gasteiger partial charge is 0.488 e. The van der Waals surface area contributed by atoms with Gasteiger partial charge in [0.25, 0.3) is 0 Å². The second-order valence-corrected chi connectivity index (χ2v) is 14.2. The third kappa shape index (κ3) is 8.58. The monoisotopic (exact) mass is 520 g/mol. The van der Waals surface area contributed by atoms with Crippen molar-refractivity contribution in [3.05, 3.63) is 70.8 Å². The maximum Gasteiger partial charge on any atom is 0.170 e. The summed E-state index contributed by atoms with van der Waals surface area (Å²) in [6.07, 6.45) is 2.09. The Kier molecular flexibility index (Phi) is 9.14. The van der Waals surface area contributed by atoms with Gasteiger partial charge in [-0.3, -0.25) is 9.59 Å². The van der Waals surface area contributed by atoms with Crippen LogP contribution in [0, 0.1) is 0 Å². The SMILES string of the molecule is C=CCc1c(OC(C)(C)C)cc(C(=O)CC(=O)c2ccc(C(C)(C)C)c(C(C)(C)C)c2)cc1OC(C)(C)C. The number of carbonyl (C=O) groups excluding carboxylic acids is 2. The standard InChI is InChI=1S/C34H48O4/c1-14-15-24-29(37-33(8,9)10)19-23(20-30(24)38-34(11,12)13)28(36)21-27(35)22-16-17-25(31(2,3)4)26(18-22)32(5,6)7/h14,16-20H,1,15,21H2,2-13H3. The zero-order valence-electron chi connectivity index (χ0n) is 25.7. The lowest BCUT2D eigenvalue weighted by molar-refractivity contribution is 0.0888. The summed E-state index contributed by atoms with van der Waals surface area (Å²) in [7, 11) is 0. The first-order valence-electron chi connectivity index (χ1n) is 13.5. The number of ketones is 2. The number of carbonyl (C=O) groups is 2. The lowest BCUT2D eigenvalue weighted by Crippen LogP contribution is -2.26. The van der Waals surface area contributed by atoms with Gasteiger partial charge in [-0.1, -0.05) is 59.8 Å². The van der Waals surface area contributed by atoms with Crippen LogP contribution in [0.5, 0.6) is 11.5 Å². The fourth-order valence-corrected chi connectivity index (χ4v) is 4.31. The van der Waals surface area contributed by atoms with Crippen LogP contribution in [0.2, 0.25) is 0 Å². The van der Waals surface area contributed by atoms with Gasteiger partial charge < -0.3 is 9.47 Å². The Labute approximate surface area is 230 Å². The molecule has 0 aliphatic heterocycles. The molecule has 0 radical (unpaired) electrons. The minimum atomic E-state index is -0.482. The molecule has 0 atom stereocenters. The highest BCUT2D eigenvalue weighted by Crippen LogP contribution is 2.37. The molecular weight excluding hydrogens is 472 g/mol. The van der Waals surface area contributed by atoms with Crippen molar-refractivity contribution in [1.82, 2.24) is 0 Å². The summed E-state index contributed by atoms with van der Waals surface area (Å²) in [6.45, 7) is 28.6. The molecule has 2 aromatic carbocycles. The van der Waals surface area contributed by atoms with Crippen molar-refractivity contribution >= 4 is 11.6 Å². The molecule has 0 bridgehead atoms. The van der Waals surface area contributed by atoms with Gasteiger partial charge in [-0.2, -0.15) is 0 Å². The van der Waals surface area contributed by atoms with Crippen LogP contribution < -0.4 is 9.47 Å². The molecule has 0 spiro atoms. The lowest BCUT2D eigenvalue weighted by atomic mass is 9.74. The molecule has 0 N–H and O–H groups in total. The molecule has 38 heavy (non-hydrogen) atoms. The number of rotatable bonds is 8. The average Bonchev–Trinajstić information content (AvgIpc) is 2.71. The van der Waals surface area contributed by atoms with E-state index >= 15 is 0 Å². The van der Waals surface area contributed by atoms with Gasteiger partial charge in [0.1, 0.15) is 22.7 Å². The highest BCUT2D eigenvalue weighted by atomic mass is 16.5. The molecule has 2 rings (SSSR count). The van der Waals surface area contributed by atoms with Gasteiger partial charge in [-0.15, -0.1) is 6.58 Å². The molecule has 4 nitrogen and oxygen atoms in total. The molecule has 0 saturated heterocycles. The molecule has 2 aromatic rings. The quantitative estimate of drug-likeness (QED) is 0.198. The molecule has 0 heterocycles. The van der Waals surface area contributed by atoms with E-state index in [1.54, 1.807) is 18.2 Å². The summed E-state index contributed by atoms with van der Waals surface area (Å²) in [5, 5.41) is 0. The average molecular weight is 521 g/mol. The van der Waals surface area contributed by atoms with Gasteiger partial charge >= 0.3 is 0 Å². The van der Waals surface area contributed by atoms with Gasteiger partial charge in [0.05, 0.1) is 6.42 Å². The van der Waals surface area contributed by atoms with Crippen LogP contribution >= 0.6 is 0 Å². The number of hydrogen-bond donors (Lipinski definition) is 0. The van der Waals surface area contributed by atoms with Gasteiger partial charge in [0, 0.05) is 16.7 Å². The first-order chi connectivity index (χ1) is 17.1. The molecule has 0 saturated carbocycles. The molecule has 0 aliphatic carbocycles. The van der Waals surface area contributed by atoms with E-state index in [0.29, 0.717) is 29.0 Å². The second kappa shape index (κ2) is 11.1. The van der Waals surface area contributed by atoms with E-state index in [1.807, 2.05) is 59.7 Å². The van der Waals surface area contributed by atoms with E-state index in [0.717, 1.165) is 11.1 Å². The Balaban J connectivity index is 2.53. The van der Waals surface area contributed by atoms with Crippen molar-refractivity contribution in [3.63, 3.8) is 0 Å². The zero-order chi connectivity index (χ0) is 29.3. The minimum absolute atomic E-state index is 0.0555. The fourth-order valence-electron chi connectivity index (χ4n) is 4.31. The predicted molar refractivity (Wildman–Crippen MR) is 158 cm³/mol. The van der Waals surface area contributed by atoms with Crippen molar-refractivity contribution in [3.8, 4) is 11.5 Å². The molecule has 0 unspecified atom stereocenters. The number of Topliss-reactive ketones (excluding diaryl/α,β-unsaturated/α-hetero) is 2. The van der Waals surface area contributed by atoms with Crippen LogP contribution in [0.1, 0.15) is 127 Å². The second-order valence-electron chi connectivity index (χ2n) is 14.2. The summed E-state index contributed by atoms with van der Waals surface area (Å²) in [5.41, 5.74) is 2.96. The first kappa shape index (κ1) is 31.3. The third-order valence-corrected chi connectivity index (χ3v) is 5.95. The van der Waals surface area contributed by atoms with E-state index < -0.39 is 11.2 Å². The van der Waals surface area contributed by atoms with Gasteiger partial charge in [0.2, 0.25) is 0 Å². The van der Waals surface area contributed by atoms with Gasteiger partial charge in [-0.05, 0) is 88.1 Å². The molecule has 0 aromatic heterocycles. The van der Waals surface area contributed by atoms with Gasteiger partial charge in [-0.25, -0.2) is 0 Å². The summed E-state index contributed by atoms with van der Waals surface area (Å²) in [4.78, 5) is 26.9. The van der Waals surface area contributed by atoms with Crippen molar-refractivity contribution in [2.24, 2.45) is 0 Å². The van der Waals surface area contributed by atoms with E-state index in [9.17, 15) is 9.59 Å². The summed E-state index contributed by atoms with van der Waals surface area (Å²) < 4.78 is 12.5. The third-order valence-electron chi connectivity index (χ3n) is 5.95. The summed E-state index contributed by atoms with van der Waals surface area (Å²) >= 11 is 0. The van der Waals surface area contributed by atoms with E-state index in [1.165, 1.54) is 5.56 Å². The maximum absolute atomic E-state index is 13.5. The lowest BCUT2D eigenvalue weighted by Gasteiger charge is -2.30. The number of benzene rings is 2. The Morgan fingerprint density at radius 2 is 1.13 bits per heavy atom.